The smallest absolute Gasteiger partial charge is 0.348 e. The molecule has 2 N–H and O–H groups in total. The first-order chi connectivity index (χ1) is 10.2. The lowest BCUT2D eigenvalue weighted by molar-refractivity contribution is 0.0496. The molecule has 0 bridgehead atoms. The second-order valence-electron chi connectivity index (χ2n) is 5.45. The monoisotopic (exact) mass is 304 g/mol. The van der Waals surface area contributed by atoms with Crippen molar-refractivity contribution in [1.29, 1.82) is 0 Å². The average Bonchev–Trinajstić information content (AvgIpc) is 3.11. The minimum Gasteiger partial charge on any atom is -0.461 e. The average molecular weight is 304 g/mol. The number of benzene rings is 1. The highest BCUT2D eigenvalue weighted by Gasteiger charge is 2.13. The highest BCUT2D eigenvalue weighted by atomic mass is 32.1. The number of nitrogen functional groups attached to an aromatic ring is 1. The number of ether oxygens (including phenoxy) is 1. The number of fused-ring (bicyclic) bond motifs is 1. The van der Waals surface area contributed by atoms with Crippen molar-refractivity contribution < 1.29 is 9.53 Å². The van der Waals surface area contributed by atoms with Gasteiger partial charge in [-0.15, -0.1) is 11.3 Å². The number of rotatable bonds is 5. The van der Waals surface area contributed by atoms with Gasteiger partial charge in [-0.3, -0.25) is 0 Å². The van der Waals surface area contributed by atoms with Gasteiger partial charge in [0.2, 0.25) is 0 Å². The van der Waals surface area contributed by atoms with Crippen molar-refractivity contribution in [2.75, 3.05) is 32.0 Å². The van der Waals surface area contributed by atoms with Crippen LogP contribution in [-0.2, 0) is 4.74 Å². The summed E-state index contributed by atoms with van der Waals surface area (Å²) < 4.78 is 6.42. The summed E-state index contributed by atoms with van der Waals surface area (Å²) in [7, 11) is 0. The van der Waals surface area contributed by atoms with E-state index in [1.54, 1.807) is 0 Å². The van der Waals surface area contributed by atoms with Gasteiger partial charge in [-0.1, -0.05) is 0 Å². The quantitative estimate of drug-likeness (QED) is 0.524. The molecule has 1 aliphatic heterocycles. The van der Waals surface area contributed by atoms with Crippen LogP contribution in [-0.4, -0.2) is 37.1 Å². The van der Waals surface area contributed by atoms with Crippen molar-refractivity contribution in [2.24, 2.45) is 0 Å². The van der Waals surface area contributed by atoms with Gasteiger partial charge in [0.15, 0.2) is 0 Å². The molecule has 0 radical (unpaired) electrons. The molecule has 21 heavy (non-hydrogen) atoms. The van der Waals surface area contributed by atoms with Gasteiger partial charge in [0.1, 0.15) is 4.88 Å². The van der Waals surface area contributed by atoms with Crippen LogP contribution in [0.25, 0.3) is 10.1 Å². The van der Waals surface area contributed by atoms with Gasteiger partial charge >= 0.3 is 5.97 Å². The zero-order valence-corrected chi connectivity index (χ0v) is 12.8. The number of nitrogens with two attached hydrogens (primary N) is 1. The van der Waals surface area contributed by atoms with Crippen LogP contribution in [0.4, 0.5) is 5.69 Å². The number of hydrogen-bond acceptors (Lipinski definition) is 5. The molecule has 1 aromatic heterocycles. The third kappa shape index (κ3) is 3.54. The Hall–Kier alpha value is -1.59. The molecule has 0 atom stereocenters. The van der Waals surface area contributed by atoms with Crippen LogP contribution in [0.1, 0.15) is 28.9 Å². The summed E-state index contributed by atoms with van der Waals surface area (Å²) in [4.78, 5) is 15.1. The van der Waals surface area contributed by atoms with Gasteiger partial charge in [0, 0.05) is 16.9 Å². The first-order valence-corrected chi connectivity index (χ1v) is 8.22. The minimum absolute atomic E-state index is 0.226. The molecule has 112 valence electrons. The van der Waals surface area contributed by atoms with Gasteiger partial charge < -0.3 is 15.4 Å². The zero-order valence-electron chi connectivity index (χ0n) is 12.0. The molecular formula is C16H20N2O2S. The first kappa shape index (κ1) is 14.4. The largest absolute Gasteiger partial charge is 0.461 e. The highest BCUT2D eigenvalue weighted by molar-refractivity contribution is 7.20. The summed E-state index contributed by atoms with van der Waals surface area (Å²) in [6, 6.07) is 7.54. The van der Waals surface area contributed by atoms with Crippen molar-refractivity contribution in [3.05, 3.63) is 29.1 Å². The molecule has 1 aromatic carbocycles. The molecule has 3 rings (SSSR count). The summed E-state index contributed by atoms with van der Waals surface area (Å²) in [5, 5.41) is 1.00. The number of esters is 1. The van der Waals surface area contributed by atoms with Crippen molar-refractivity contribution in [3.8, 4) is 0 Å². The van der Waals surface area contributed by atoms with Crippen LogP contribution in [0.3, 0.4) is 0 Å². The molecule has 4 nitrogen and oxygen atoms in total. The maximum Gasteiger partial charge on any atom is 0.348 e. The lowest BCUT2D eigenvalue weighted by Gasteiger charge is -2.13. The third-order valence-electron chi connectivity index (χ3n) is 3.79. The van der Waals surface area contributed by atoms with E-state index in [9.17, 15) is 4.79 Å². The molecule has 1 aliphatic rings. The van der Waals surface area contributed by atoms with E-state index in [-0.39, 0.29) is 5.97 Å². The summed E-state index contributed by atoms with van der Waals surface area (Å²) in [6.45, 7) is 3.89. The predicted octanol–water partition coefficient (Wildman–Crippen LogP) is 3.13. The van der Waals surface area contributed by atoms with E-state index in [0.29, 0.717) is 17.2 Å². The third-order valence-corrected chi connectivity index (χ3v) is 4.89. The zero-order chi connectivity index (χ0) is 14.7. The number of carbonyl (C=O) groups excluding carboxylic acids is 1. The van der Waals surface area contributed by atoms with Crippen LogP contribution in [0.2, 0.25) is 0 Å². The van der Waals surface area contributed by atoms with E-state index in [0.717, 1.165) is 23.1 Å². The Morgan fingerprint density at radius 2 is 2.10 bits per heavy atom. The molecule has 0 spiro atoms. The number of thiophene rings is 1. The summed E-state index contributed by atoms with van der Waals surface area (Å²) >= 11 is 1.46. The van der Waals surface area contributed by atoms with E-state index in [4.69, 9.17) is 10.5 Å². The van der Waals surface area contributed by atoms with Gasteiger partial charge in [-0.05, 0) is 62.0 Å². The Labute approximate surface area is 128 Å². The maximum atomic E-state index is 12.0. The number of hydrogen-bond donors (Lipinski definition) is 1. The SMILES string of the molecule is Nc1ccc2sc(C(=O)OCCCN3CCCC3)cc2c1. The second-order valence-corrected chi connectivity index (χ2v) is 6.53. The number of likely N-dealkylation sites (tertiary alicyclic amines) is 1. The van der Waals surface area contributed by atoms with E-state index < -0.39 is 0 Å². The Morgan fingerprint density at radius 1 is 1.29 bits per heavy atom. The summed E-state index contributed by atoms with van der Waals surface area (Å²) in [6.07, 6.45) is 3.50. The van der Waals surface area contributed by atoms with Crippen molar-refractivity contribution in [3.63, 3.8) is 0 Å². The molecule has 0 amide bonds. The van der Waals surface area contributed by atoms with E-state index in [1.165, 1.54) is 37.3 Å². The fraction of sp³-hybridized carbons (Fsp3) is 0.438. The first-order valence-electron chi connectivity index (χ1n) is 7.41. The van der Waals surface area contributed by atoms with Crippen LogP contribution >= 0.6 is 11.3 Å². The predicted molar refractivity (Wildman–Crippen MR) is 86.8 cm³/mol. The Bertz CT molecular complexity index is 632. The van der Waals surface area contributed by atoms with Crippen LogP contribution < -0.4 is 5.73 Å². The maximum absolute atomic E-state index is 12.0. The molecule has 2 heterocycles. The molecule has 5 heteroatoms. The molecule has 1 saturated heterocycles. The Morgan fingerprint density at radius 3 is 2.90 bits per heavy atom. The molecule has 2 aromatic rings. The summed E-state index contributed by atoms with van der Waals surface area (Å²) in [5.74, 6) is -0.226. The Kier molecular flexibility index (Phi) is 4.41. The molecule has 1 fully saturated rings. The van der Waals surface area contributed by atoms with Crippen molar-refractivity contribution in [1.82, 2.24) is 4.90 Å². The molecule has 0 aliphatic carbocycles. The topological polar surface area (TPSA) is 55.6 Å². The lowest BCUT2D eigenvalue weighted by Crippen LogP contribution is -2.21. The van der Waals surface area contributed by atoms with Crippen LogP contribution in [0.5, 0.6) is 0 Å². The molecule has 0 saturated carbocycles. The Balaban J connectivity index is 1.51. The van der Waals surface area contributed by atoms with Crippen LogP contribution in [0.15, 0.2) is 24.3 Å². The van der Waals surface area contributed by atoms with E-state index in [2.05, 4.69) is 4.90 Å². The lowest BCUT2D eigenvalue weighted by atomic mass is 10.2. The number of nitrogens with zero attached hydrogens (tertiary/aromatic N) is 1. The van der Waals surface area contributed by atoms with Gasteiger partial charge in [-0.25, -0.2) is 4.79 Å². The van der Waals surface area contributed by atoms with E-state index in [1.807, 2.05) is 24.3 Å². The van der Waals surface area contributed by atoms with Crippen LogP contribution in [0, 0.1) is 0 Å². The van der Waals surface area contributed by atoms with E-state index >= 15 is 0 Å². The highest BCUT2D eigenvalue weighted by Crippen LogP contribution is 2.27. The molecular weight excluding hydrogens is 284 g/mol. The standard InChI is InChI=1S/C16H20N2O2S/c17-13-4-5-14-12(10-13)11-15(21-14)16(19)20-9-3-8-18-6-1-2-7-18/h4-5,10-11H,1-3,6-9,17H2. The summed E-state index contributed by atoms with van der Waals surface area (Å²) in [5.41, 5.74) is 6.46. The van der Waals surface area contributed by atoms with Gasteiger partial charge in [0.05, 0.1) is 6.61 Å². The fourth-order valence-electron chi connectivity index (χ4n) is 2.69. The van der Waals surface area contributed by atoms with Crippen molar-refractivity contribution >= 4 is 33.1 Å². The van der Waals surface area contributed by atoms with Gasteiger partial charge in [0.25, 0.3) is 0 Å². The minimum atomic E-state index is -0.226. The second kappa shape index (κ2) is 6.45. The fourth-order valence-corrected chi connectivity index (χ4v) is 3.63. The van der Waals surface area contributed by atoms with Gasteiger partial charge in [-0.2, -0.15) is 0 Å². The normalized spacial score (nSPS) is 15.6. The van der Waals surface area contributed by atoms with Crippen molar-refractivity contribution in [2.45, 2.75) is 19.3 Å². The molecule has 0 unspecified atom stereocenters. The number of anilines is 1. The number of carbonyl (C=O) groups is 1.